The number of rotatable bonds is 5. The van der Waals surface area contributed by atoms with Crippen molar-refractivity contribution in [1.29, 1.82) is 0 Å². The lowest BCUT2D eigenvalue weighted by atomic mass is 9.97. The van der Waals surface area contributed by atoms with E-state index in [1.807, 2.05) is 41.2 Å². The Labute approximate surface area is 162 Å². The topological polar surface area (TPSA) is 63.1 Å². The molecule has 4 rings (SSSR count). The van der Waals surface area contributed by atoms with E-state index in [2.05, 4.69) is 39.5 Å². The van der Waals surface area contributed by atoms with Gasteiger partial charge in [-0.2, -0.15) is 0 Å². The van der Waals surface area contributed by atoms with Gasteiger partial charge >= 0.3 is 0 Å². The molecule has 1 aliphatic heterocycles. The Bertz CT molecular complexity index is 905. The van der Waals surface area contributed by atoms with Gasteiger partial charge in [0.05, 0.1) is 5.92 Å². The first kappa shape index (κ1) is 17.7. The van der Waals surface area contributed by atoms with Gasteiger partial charge < -0.3 is 10.2 Å². The molecule has 7 heteroatoms. The molecule has 0 spiro atoms. The zero-order valence-corrected chi connectivity index (χ0v) is 16.2. The molecule has 1 aromatic carbocycles. The summed E-state index contributed by atoms with van der Waals surface area (Å²) in [5.74, 6) is 0.110. The maximum absolute atomic E-state index is 12.7. The molecule has 6 nitrogen and oxygen atoms in total. The van der Waals surface area contributed by atoms with Crippen molar-refractivity contribution in [2.24, 2.45) is 5.92 Å². The maximum Gasteiger partial charge on any atom is 0.225 e. The Morgan fingerprint density at radius 1 is 1.22 bits per heavy atom. The van der Waals surface area contributed by atoms with Crippen molar-refractivity contribution < 1.29 is 4.79 Å². The number of amides is 1. The Balaban J connectivity index is 1.37. The second-order valence-electron chi connectivity index (χ2n) is 6.95. The van der Waals surface area contributed by atoms with Crippen molar-refractivity contribution in [3.8, 4) is 5.13 Å². The lowest BCUT2D eigenvalue weighted by Crippen LogP contribution is -2.43. The van der Waals surface area contributed by atoms with E-state index in [9.17, 15) is 4.79 Å². The third kappa shape index (κ3) is 4.19. The Morgan fingerprint density at radius 2 is 2.04 bits per heavy atom. The van der Waals surface area contributed by atoms with E-state index in [0.717, 1.165) is 35.2 Å². The third-order valence-corrected chi connectivity index (χ3v) is 5.84. The summed E-state index contributed by atoms with van der Waals surface area (Å²) in [7, 11) is 0. The average molecular weight is 382 g/mol. The number of hydrogen-bond donors (Lipinski definition) is 1. The zero-order chi connectivity index (χ0) is 18.6. The van der Waals surface area contributed by atoms with E-state index >= 15 is 0 Å². The van der Waals surface area contributed by atoms with Crippen LogP contribution in [0.4, 0.5) is 5.13 Å². The standard InChI is InChI=1S/C20H23N5OS/c1-15-6-4-7-16(12-15)13-21-18(26)17-8-5-11-25(14-17)20-23-22-19(27-20)24-9-2-3-10-24/h2-4,6-7,9-10,12,17H,5,8,11,13-14H2,1H3,(H,21,26). The quantitative estimate of drug-likeness (QED) is 0.737. The molecule has 1 N–H and O–H groups in total. The predicted molar refractivity (Wildman–Crippen MR) is 107 cm³/mol. The summed E-state index contributed by atoms with van der Waals surface area (Å²) >= 11 is 1.56. The molecule has 1 unspecified atom stereocenters. The van der Waals surface area contributed by atoms with E-state index in [1.54, 1.807) is 11.3 Å². The monoisotopic (exact) mass is 381 g/mol. The van der Waals surface area contributed by atoms with Crippen LogP contribution in [0.15, 0.2) is 48.8 Å². The fourth-order valence-electron chi connectivity index (χ4n) is 3.42. The summed E-state index contributed by atoms with van der Waals surface area (Å²) in [4.78, 5) is 14.8. The molecule has 0 radical (unpaired) electrons. The van der Waals surface area contributed by atoms with Crippen LogP contribution in [-0.4, -0.2) is 33.8 Å². The molecule has 3 aromatic rings. The predicted octanol–water partition coefficient (Wildman–Crippen LogP) is 3.17. The molecule has 1 amide bonds. The van der Waals surface area contributed by atoms with Crippen molar-refractivity contribution in [2.45, 2.75) is 26.3 Å². The molecule has 1 aliphatic rings. The molecule has 0 saturated carbocycles. The van der Waals surface area contributed by atoms with E-state index < -0.39 is 0 Å². The summed E-state index contributed by atoms with van der Waals surface area (Å²) in [5, 5.41) is 13.4. The summed E-state index contributed by atoms with van der Waals surface area (Å²) in [6, 6.07) is 12.2. The van der Waals surface area contributed by atoms with E-state index in [0.29, 0.717) is 13.1 Å². The van der Waals surface area contributed by atoms with Crippen LogP contribution < -0.4 is 10.2 Å². The second-order valence-corrected chi connectivity index (χ2v) is 7.88. The highest BCUT2D eigenvalue weighted by atomic mass is 32.1. The highest BCUT2D eigenvalue weighted by Gasteiger charge is 2.27. The molecular formula is C20H23N5OS. The van der Waals surface area contributed by atoms with Crippen LogP contribution in [0.2, 0.25) is 0 Å². The Morgan fingerprint density at radius 3 is 2.85 bits per heavy atom. The minimum Gasteiger partial charge on any atom is -0.352 e. The van der Waals surface area contributed by atoms with Crippen molar-refractivity contribution >= 4 is 22.4 Å². The van der Waals surface area contributed by atoms with Gasteiger partial charge in [-0.1, -0.05) is 41.2 Å². The van der Waals surface area contributed by atoms with E-state index in [1.165, 1.54) is 5.56 Å². The lowest BCUT2D eigenvalue weighted by Gasteiger charge is -2.31. The minimum atomic E-state index is -0.0116. The lowest BCUT2D eigenvalue weighted by molar-refractivity contribution is -0.125. The van der Waals surface area contributed by atoms with Gasteiger partial charge in [0.25, 0.3) is 0 Å². The number of aryl methyl sites for hydroxylation is 1. The van der Waals surface area contributed by atoms with Crippen LogP contribution in [0, 0.1) is 12.8 Å². The number of benzene rings is 1. The Hall–Kier alpha value is -2.67. The number of aromatic nitrogens is 3. The minimum absolute atomic E-state index is 0.0116. The number of nitrogens with zero attached hydrogens (tertiary/aromatic N) is 4. The molecule has 2 aromatic heterocycles. The van der Waals surface area contributed by atoms with Crippen LogP contribution in [0.25, 0.3) is 5.13 Å². The summed E-state index contributed by atoms with van der Waals surface area (Å²) < 4.78 is 1.96. The average Bonchev–Trinajstić information content (AvgIpc) is 3.38. The van der Waals surface area contributed by atoms with Gasteiger partial charge in [0.15, 0.2) is 0 Å². The van der Waals surface area contributed by atoms with Crippen molar-refractivity contribution in [3.63, 3.8) is 0 Å². The molecule has 27 heavy (non-hydrogen) atoms. The summed E-state index contributed by atoms with van der Waals surface area (Å²) in [5.41, 5.74) is 2.34. The van der Waals surface area contributed by atoms with E-state index in [-0.39, 0.29) is 11.8 Å². The highest BCUT2D eigenvalue weighted by molar-refractivity contribution is 7.17. The SMILES string of the molecule is Cc1cccc(CNC(=O)C2CCCN(c3nnc(-n4cccc4)s3)C2)c1. The molecule has 0 bridgehead atoms. The normalized spacial score (nSPS) is 17.1. The molecule has 1 saturated heterocycles. The van der Waals surface area contributed by atoms with Crippen molar-refractivity contribution in [1.82, 2.24) is 20.1 Å². The molecule has 1 atom stereocenters. The van der Waals surface area contributed by atoms with Gasteiger partial charge in [-0.15, -0.1) is 10.2 Å². The van der Waals surface area contributed by atoms with Crippen molar-refractivity contribution in [2.75, 3.05) is 18.0 Å². The van der Waals surface area contributed by atoms with Gasteiger partial charge in [-0.25, -0.2) is 0 Å². The van der Waals surface area contributed by atoms with Crippen LogP contribution in [0.5, 0.6) is 0 Å². The number of anilines is 1. The van der Waals surface area contributed by atoms with Gasteiger partial charge in [0, 0.05) is 32.0 Å². The highest BCUT2D eigenvalue weighted by Crippen LogP contribution is 2.28. The summed E-state index contributed by atoms with van der Waals surface area (Å²) in [6.45, 7) is 4.25. The maximum atomic E-state index is 12.7. The van der Waals surface area contributed by atoms with Crippen LogP contribution in [0.1, 0.15) is 24.0 Å². The molecule has 3 heterocycles. The first-order chi connectivity index (χ1) is 13.2. The smallest absolute Gasteiger partial charge is 0.225 e. The Kier molecular flexibility index (Phi) is 5.20. The van der Waals surface area contributed by atoms with Gasteiger partial charge in [0.1, 0.15) is 0 Å². The zero-order valence-electron chi connectivity index (χ0n) is 15.3. The van der Waals surface area contributed by atoms with Gasteiger partial charge in [-0.05, 0) is 37.5 Å². The van der Waals surface area contributed by atoms with Crippen LogP contribution in [0.3, 0.4) is 0 Å². The fraction of sp³-hybridized carbons (Fsp3) is 0.350. The summed E-state index contributed by atoms with van der Waals surface area (Å²) in [6.07, 6.45) is 5.82. The molecule has 1 fully saturated rings. The van der Waals surface area contributed by atoms with Gasteiger partial charge in [-0.3, -0.25) is 9.36 Å². The second kappa shape index (κ2) is 7.92. The molecule has 140 valence electrons. The number of nitrogens with one attached hydrogen (secondary N) is 1. The first-order valence-electron chi connectivity index (χ1n) is 9.24. The van der Waals surface area contributed by atoms with E-state index in [4.69, 9.17) is 0 Å². The molecule has 0 aliphatic carbocycles. The third-order valence-electron chi connectivity index (χ3n) is 4.84. The van der Waals surface area contributed by atoms with Crippen LogP contribution in [-0.2, 0) is 11.3 Å². The van der Waals surface area contributed by atoms with Crippen LogP contribution >= 0.6 is 11.3 Å². The molecular weight excluding hydrogens is 358 g/mol. The number of hydrogen-bond acceptors (Lipinski definition) is 5. The van der Waals surface area contributed by atoms with Gasteiger partial charge in [0.2, 0.25) is 16.2 Å². The fourth-order valence-corrected chi connectivity index (χ4v) is 4.27. The largest absolute Gasteiger partial charge is 0.352 e. The first-order valence-corrected chi connectivity index (χ1v) is 10.1. The number of piperidine rings is 1. The van der Waals surface area contributed by atoms with Crippen molar-refractivity contribution in [3.05, 3.63) is 59.9 Å². The number of carbonyl (C=O) groups excluding carboxylic acids is 1. The number of carbonyl (C=O) groups is 1.